The summed E-state index contributed by atoms with van der Waals surface area (Å²) in [6, 6.07) is 7.97. The maximum Gasteiger partial charge on any atom is 0.498 e. The number of rotatable bonds is 6. The molecule has 0 aromatic heterocycles. The lowest BCUT2D eigenvalue weighted by Crippen LogP contribution is -2.41. The lowest BCUT2D eigenvalue weighted by Gasteiger charge is -2.32. The Morgan fingerprint density at radius 2 is 1.39 bits per heavy atom. The molecule has 0 saturated carbocycles. The van der Waals surface area contributed by atoms with Gasteiger partial charge in [0.1, 0.15) is 10.6 Å². The summed E-state index contributed by atoms with van der Waals surface area (Å²) < 4.78 is 54.7. The highest BCUT2D eigenvalue weighted by molar-refractivity contribution is 7.87. The minimum atomic E-state index is -4.09. The van der Waals surface area contributed by atoms with E-state index in [1.54, 1.807) is 25.1 Å². The first-order valence-corrected chi connectivity index (χ1v) is 11.4. The highest BCUT2D eigenvalue weighted by Gasteiger charge is 2.53. The molecule has 7 nitrogen and oxygen atoms in total. The van der Waals surface area contributed by atoms with Crippen molar-refractivity contribution in [3.63, 3.8) is 0 Å². The first-order valence-electron chi connectivity index (χ1n) is 9.95. The standard InChI is InChI=1S/C22H29BO7S/c1-14-9-11-16(12-10-14)31(24,25)28-18-13-17(19(26-7)15(2)20(18)27-8)23-29-21(3,4)22(5,6)30-23/h9-13H,1-8H3. The second-order valence-corrected chi connectivity index (χ2v) is 10.1. The summed E-state index contributed by atoms with van der Waals surface area (Å²) in [5.74, 6) is 0.773. The number of hydrogen-bond acceptors (Lipinski definition) is 7. The van der Waals surface area contributed by atoms with Gasteiger partial charge in [-0.1, -0.05) is 17.7 Å². The molecule has 1 aliphatic heterocycles. The van der Waals surface area contributed by atoms with Gasteiger partial charge in [0.15, 0.2) is 11.5 Å². The summed E-state index contributed by atoms with van der Waals surface area (Å²) in [6.45, 7) is 11.4. The van der Waals surface area contributed by atoms with Crippen molar-refractivity contribution < 1.29 is 31.4 Å². The van der Waals surface area contributed by atoms with Crippen molar-refractivity contribution in [2.24, 2.45) is 0 Å². The Morgan fingerprint density at radius 1 is 0.871 bits per heavy atom. The van der Waals surface area contributed by atoms with Gasteiger partial charge < -0.3 is 23.0 Å². The lowest BCUT2D eigenvalue weighted by atomic mass is 9.77. The van der Waals surface area contributed by atoms with Gasteiger partial charge in [-0.15, -0.1) is 0 Å². The molecule has 0 amide bonds. The zero-order chi connectivity index (χ0) is 23.2. The maximum atomic E-state index is 12.9. The van der Waals surface area contributed by atoms with Crippen LogP contribution in [-0.4, -0.2) is 41.0 Å². The van der Waals surface area contributed by atoms with E-state index in [4.69, 9.17) is 23.0 Å². The Morgan fingerprint density at radius 3 is 1.87 bits per heavy atom. The third-order valence-corrected chi connectivity index (χ3v) is 7.13. The fourth-order valence-corrected chi connectivity index (χ4v) is 4.31. The molecule has 0 N–H and O–H groups in total. The highest BCUT2D eigenvalue weighted by atomic mass is 32.2. The molecule has 0 bridgehead atoms. The number of hydrogen-bond donors (Lipinski definition) is 0. The van der Waals surface area contributed by atoms with E-state index in [0.29, 0.717) is 16.8 Å². The van der Waals surface area contributed by atoms with Crippen molar-refractivity contribution in [3.05, 3.63) is 41.5 Å². The minimum absolute atomic E-state index is 0.0334. The Kier molecular flexibility index (Phi) is 6.08. The van der Waals surface area contributed by atoms with Gasteiger partial charge in [-0.2, -0.15) is 8.42 Å². The minimum Gasteiger partial charge on any atom is -0.497 e. The third kappa shape index (κ3) is 4.27. The second-order valence-electron chi connectivity index (χ2n) is 8.59. The van der Waals surface area contributed by atoms with Crippen LogP contribution in [0.25, 0.3) is 0 Å². The van der Waals surface area contributed by atoms with Gasteiger partial charge in [0.2, 0.25) is 0 Å². The fraction of sp³-hybridized carbons (Fsp3) is 0.455. The third-order valence-electron chi connectivity index (χ3n) is 5.88. The van der Waals surface area contributed by atoms with Crippen LogP contribution >= 0.6 is 0 Å². The summed E-state index contributed by atoms with van der Waals surface area (Å²) in [6.07, 6.45) is 0. The van der Waals surface area contributed by atoms with E-state index in [-0.39, 0.29) is 16.4 Å². The number of methoxy groups -OCH3 is 2. The van der Waals surface area contributed by atoms with Crippen LogP contribution in [0, 0.1) is 13.8 Å². The molecule has 0 aliphatic carbocycles. The van der Waals surface area contributed by atoms with Crippen molar-refractivity contribution >= 4 is 22.7 Å². The molecule has 0 spiro atoms. The van der Waals surface area contributed by atoms with Gasteiger partial charge >= 0.3 is 17.2 Å². The maximum absolute atomic E-state index is 12.9. The molecule has 1 saturated heterocycles. The van der Waals surface area contributed by atoms with Gasteiger partial charge in [0.25, 0.3) is 0 Å². The average Bonchev–Trinajstić information content (AvgIpc) is 2.89. The van der Waals surface area contributed by atoms with Crippen molar-refractivity contribution in [2.75, 3.05) is 14.2 Å². The van der Waals surface area contributed by atoms with E-state index >= 15 is 0 Å². The predicted molar refractivity (Wildman–Crippen MR) is 119 cm³/mol. The molecule has 0 atom stereocenters. The monoisotopic (exact) mass is 448 g/mol. The van der Waals surface area contributed by atoms with Crippen molar-refractivity contribution in [1.29, 1.82) is 0 Å². The van der Waals surface area contributed by atoms with E-state index in [2.05, 4.69) is 0 Å². The van der Waals surface area contributed by atoms with E-state index in [1.807, 2.05) is 34.6 Å². The van der Waals surface area contributed by atoms with Gasteiger partial charge in [0.05, 0.1) is 25.4 Å². The van der Waals surface area contributed by atoms with E-state index < -0.39 is 28.4 Å². The van der Waals surface area contributed by atoms with Crippen LogP contribution in [-0.2, 0) is 19.4 Å². The van der Waals surface area contributed by atoms with Gasteiger partial charge in [-0.05, 0) is 59.7 Å². The van der Waals surface area contributed by atoms with Crippen molar-refractivity contribution in [1.82, 2.24) is 0 Å². The predicted octanol–water partition coefficient (Wildman–Crippen LogP) is 3.39. The second kappa shape index (κ2) is 8.04. The lowest BCUT2D eigenvalue weighted by molar-refractivity contribution is 0.00578. The smallest absolute Gasteiger partial charge is 0.497 e. The van der Waals surface area contributed by atoms with Crippen molar-refractivity contribution in [2.45, 2.75) is 57.6 Å². The van der Waals surface area contributed by atoms with Crippen LogP contribution in [0.3, 0.4) is 0 Å². The number of benzene rings is 2. The molecular formula is C22H29BO7S. The molecule has 3 rings (SSSR count). The van der Waals surface area contributed by atoms with Gasteiger partial charge in [-0.3, -0.25) is 0 Å². The van der Waals surface area contributed by atoms with Crippen LogP contribution in [0.2, 0.25) is 0 Å². The summed E-state index contributed by atoms with van der Waals surface area (Å²) in [7, 11) is -1.88. The molecule has 1 aliphatic rings. The molecule has 2 aromatic carbocycles. The molecular weight excluding hydrogens is 419 g/mol. The van der Waals surface area contributed by atoms with Crippen LogP contribution in [0.4, 0.5) is 0 Å². The van der Waals surface area contributed by atoms with E-state index in [9.17, 15) is 8.42 Å². The highest BCUT2D eigenvalue weighted by Crippen LogP contribution is 2.41. The summed E-state index contributed by atoms with van der Waals surface area (Å²) in [5.41, 5.74) is 0.886. The van der Waals surface area contributed by atoms with Crippen LogP contribution in [0.5, 0.6) is 17.2 Å². The summed E-state index contributed by atoms with van der Waals surface area (Å²) >= 11 is 0. The van der Waals surface area contributed by atoms with Crippen molar-refractivity contribution in [3.8, 4) is 17.2 Å². The van der Waals surface area contributed by atoms with E-state index in [1.165, 1.54) is 26.4 Å². The molecule has 1 fully saturated rings. The average molecular weight is 448 g/mol. The molecule has 9 heteroatoms. The Labute approximate surface area is 184 Å². The van der Waals surface area contributed by atoms with Gasteiger partial charge in [0, 0.05) is 11.0 Å². The van der Waals surface area contributed by atoms with E-state index in [0.717, 1.165) is 5.56 Å². The molecule has 0 radical (unpaired) electrons. The quantitative estimate of drug-likeness (QED) is 0.495. The summed E-state index contributed by atoms with van der Waals surface area (Å²) in [4.78, 5) is 0.0470. The number of ether oxygens (including phenoxy) is 2. The molecule has 2 aromatic rings. The van der Waals surface area contributed by atoms with Gasteiger partial charge in [-0.25, -0.2) is 0 Å². The Bertz CT molecular complexity index is 1060. The zero-order valence-corrected chi connectivity index (χ0v) is 20.0. The molecule has 1 heterocycles. The normalized spacial score (nSPS) is 17.5. The Hall–Kier alpha value is -2.23. The molecule has 31 heavy (non-hydrogen) atoms. The zero-order valence-electron chi connectivity index (χ0n) is 19.2. The SMILES string of the molecule is COc1c(OS(=O)(=O)c2ccc(C)cc2)cc(B2OC(C)(C)C(C)(C)O2)c(OC)c1C. The Balaban J connectivity index is 2.10. The van der Waals surface area contributed by atoms with Crippen LogP contribution in [0.1, 0.15) is 38.8 Å². The number of aryl methyl sites for hydroxylation is 1. The molecule has 168 valence electrons. The fourth-order valence-electron chi connectivity index (χ4n) is 3.38. The molecule has 0 unspecified atom stereocenters. The van der Waals surface area contributed by atoms with Crippen LogP contribution in [0.15, 0.2) is 35.2 Å². The summed E-state index contributed by atoms with van der Waals surface area (Å²) in [5, 5.41) is 0. The first kappa shape index (κ1) is 23.4. The van der Waals surface area contributed by atoms with Crippen LogP contribution < -0.4 is 19.1 Å². The topological polar surface area (TPSA) is 80.3 Å². The largest absolute Gasteiger partial charge is 0.498 e. The first-order chi connectivity index (χ1) is 14.3.